The van der Waals surface area contributed by atoms with Gasteiger partial charge in [-0.25, -0.2) is 14.3 Å². The summed E-state index contributed by atoms with van der Waals surface area (Å²) in [6.45, 7) is 1.95. The van der Waals surface area contributed by atoms with Crippen molar-refractivity contribution in [1.29, 1.82) is 0 Å². The minimum Gasteiger partial charge on any atom is -0.495 e. The fourth-order valence-electron chi connectivity index (χ4n) is 5.41. The topological polar surface area (TPSA) is 122 Å². The van der Waals surface area contributed by atoms with Crippen molar-refractivity contribution in [3.8, 4) is 5.75 Å². The highest BCUT2D eigenvalue weighted by atomic mass is 35.5. The predicted molar refractivity (Wildman–Crippen MR) is 143 cm³/mol. The summed E-state index contributed by atoms with van der Waals surface area (Å²) in [5.74, 6) is -0.338. The Balaban J connectivity index is 1.32. The normalized spacial score (nSPS) is 21.8. The highest BCUT2D eigenvalue weighted by molar-refractivity contribution is 8.01. The molecule has 2 unspecified atom stereocenters. The lowest BCUT2D eigenvalue weighted by Crippen LogP contribution is -2.53. The molecule has 1 saturated carbocycles. The fourth-order valence-corrected chi connectivity index (χ4v) is 6.53. The Kier molecular flexibility index (Phi) is 8.08. The van der Waals surface area contributed by atoms with Gasteiger partial charge in [0.1, 0.15) is 11.4 Å². The smallest absolute Gasteiger partial charge is 0.341 e. The van der Waals surface area contributed by atoms with Crippen LogP contribution in [0.1, 0.15) is 61.4 Å². The number of carbonyl (C=O) groups is 3. The molecule has 3 heterocycles. The number of Topliss-reactive ketones (excluding diaryl/α,β-unsaturated/α-hetero) is 1. The number of rotatable bonds is 9. The number of ketones is 1. The summed E-state index contributed by atoms with van der Waals surface area (Å²) in [5, 5.41) is 3.94. The van der Waals surface area contributed by atoms with E-state index in [4.69, 9.17) is 25.8 Å². The Morgan fingerprint density at radius 3 is 2.77 bits per heavy atom. The lowest BCUT2D eigenvalue weighted by Gasteiger charge is -2.42. The van der Waals surface area contributed by atoms with Crippen LogP contribution in [-0.4, -0.2) is 61.9 Å². The summed E-state index contributed by atoms with van der Waals surface area (Å²) in [5.41, 5.74) is 0.358. The van der Waals surface area contributed by atoms with E-state index in [1.807, 2.05) is 18.2 Å². The minimum atomic E-state index is -1.07. The van der Waals surface area contributed by atoms with Gasteiger partial charge < -0.3 is 14.2 Å². The number of hydrogen-bond acceptors (Lipinski definition) is 10. The van der Waals surface area contributed by atoms with Crippen molar-refractivity contribution in [3.63, 3.8) is 0 Å². The number of carbonyl (C=O) groups excluding carboxylic acids is 3. The molecule has 12 heteroatoms. The van der Waals surface area contributed by atoms with Gasteiger partial charge in [0.25, 0.3) is 5.78 Å². The van der Waals surface area contributed by atoms with E-state index in [2.05, 4.69) is 15.1 Å². The van der Waals surface area contributed by atoms with Crippen LogP contribution in [0.3, 0.4) is 0 Å². The lowest BCUT2D eigenvalue weighted by molar-refractivity contribution is -0.177. The number of nitrogens with zero attached hydrogens (tertiary/aromatic N) is 4. The number of thioether (sulfide) groups is 1. The number of halogens is 1. The number of ether oxygens (including phenoxy) is 3. The first kappa shape index (κ1) is 27.4. The maximum Gasteiger partial charge on any atom is 0.341 e. The van der Waals surface area contributed by atoms with E-state index in [1.165, 1.54) is 16.9 Å². The Morgan fingerprint density at radius 2 is 2.08 bits per heavy atom. The second-order valence-corrected chi connectivity index (χ2v) is 11.3. The van der Waals surface area contributed by atoms with Crippen LogP contribution in [-0.2, 0) is 25.5 Å². The van der Waals surface area contributed by atoms with Gasteiger partial charge in [-0.3, -0.25) is 9.59 Å². The zero-order chi connectivity index (χ0) is 27.6. The highest BCUT2D eigenvalue weighted by Crippen LogP contribution is 2.45. The molecule has 1 aliphatic heterocycles. The summed E-state index contributed by atoms with van der Waals surface area (Å²) < 4.78 is 17.8. The number of benzene rings is 1. The average Bonchev–Trinajstić information content (AvgIpc) is 3.60. The Labute approximate surface area is 234 Å². The van der Waals surface area contributed by atoms with Crippen molar-refractivity contribution in [2.75, 3.05) is 13.7 Å². The second kappa shape index (κ2) is 11.5. The molecule has 2 aliphatic rings. The van der Waals surface area contributed by atoms with E-state index in [1.54, 1.807) is 14.0 Å². The number of aryl methyl sites for hydroxylation is 1. The van der Waals surface area contributed by atoms with Gasteiger partial charge in [0.15, 0.2) is 11.0 Å². The standard InChI is InChI=1S/C27H29ClN4O6S/c1-3-37-23(34)17-14-29-25-30-26(31-32(25)15-17)39-22-20(33)13-27(38-24(22)35,18-6-4-5-7-18)11-10-16-8-9-21(36-2)19(28)12-16/h8-9,12,14-15,18,22H,3-7,10-11,13H2,1-2H3. The Morgan fingerprint density at radius 1 is 1.28 bits per heavy atom. The van der Waals surface area contributed by atoms with E-state index in [0.717, 1.165) is 43.0 Å². The molecule has 0 amide bonds. The molecule has 0 N–H and O–H groups in total. The summed E-state index contributed by atoms with van der Waals surface area (Å²) in [4.78, 5) is 47.2. The van der Waals surface area contributed by atoms with Crippen molar-refractivity contribution in [1.82, 2.24) is 19.6 Å². The molecule has 3 aromatic rings. The maximum atomic E-state index is 13.5. The van der Waals surface area contributed by atoms with Crippen LogP contribution in [0.4, 0.5) is 0 Å². The van der Waals surface area contributed by atoms with Crippen molar-refractivity contribution >= 4 is 46.9 Å². The summed E-state index contributed by atoms with van der Waals surface area (Å²) in [7, 11) is 1.57. The number of cyclic esters (lactones) is 1. The van der Waals surface area contributed by atoms with Crippen LogP contribution in [0, 0.1) is 5.92 Å². The van der Waals surface area contributed by atoms with Crippen LogP contribution in [0.25, 0.3) is 5.78 Å². The molecule has 2 atom stereocenters. The lowest BCUT2D eigenvalue weighted by atomic mass is 9.76. The van der Waals surface area contributed by atoms with E-state index >= 15 is 0 Å². The van der Waals surface area contributed by atoms with Crippen molar-refractivity contribution in [2.24, 2.45) is 5.92 Å². The highest BCUT2D eigenvalue weighted by Gasteiger charge is 2.52. The quantitative estimate of drug-likeness (QED) is 0.267. The van der Waals surface area contributed by atoms with Crippen LogP contribution in [0.2, 0.25) is 5.02 Å². The van der Waals surface area contributed by atoms with Crippen LogP contribution in [0.15, 0.2) is 35.7 Å². The van der Waals surface area contributed by atoms with Gasteiger partial charge in [0, 0.05) is 18.8 Å². The Bertz CT molecular complexity index is 1390. The van der Waals surface area contributed by atoms with E-state index < -0.39 is 22.8 Å². The SMILES string of the molecule is CCOC(=O)c1cnc2nc(SC3C(=O)CC(CCc4ccc(OC)c(Cl)c4)(C4CCCC4)OC3=O)nn2c1. The first-order chi connectivity index (χ1) is 18.8. The van der Waals surface area contributed by atoms with E-state index in [9.17, 15) is 14.4 Å². The minimum absolute atomic E-state index is 0.129. The Hall–Kier alpha value is -3.18. The molecular weight excluding hydrogens is 544 g/mol. The second-order valence-electron chi connectivity index (χ2n) is 9.78. The summed E-state index contributed by atoms with van der Waals surface area (Å²) in [6, 6.07) is 5.61. The molecule has 2 fully saturated rings. The van der Waals surface area contributed by atoms with Gasteiger partial charge in [0.2, 0.25) is 5.16 Å². The average molecular weight is 573 g/mol. The monoisotopic (exact) mass is 572 g/mol. The van der Waals surface area contributed by atoms with Crippen LogP contribution < -0.4 is 4.74 Å². The first-order valence-electron chi connectivity index (χ1n) is 13.0. The number of esters is 2. The molecule has 1 saturated heterocycles. The van der Waals surface area contributed by atoms with E-state index in [-0.39, 0.29) is 41.2 Å². The largest absolute Gasteiger partial charge is 0.495 e. The molecule has 39 heavy (non-hydrogen) atoms. The van der Waals surface area contributed by atoms with Crippen molar-refractivity contribution in [2.45, 2.75) is 67.9 Å². The molecule has 206 valence electrons. The molecule has 10 nitrogen and oxygen atoms in total. The van der Waals surface area contributed by atoms with Gasteiger partial charge in [-0.15, -0.1) is 5.10 Å². The van der Waals surface area contributed by atoms with Gasteiger partial charge in [-0.2, -0.15) is 4.98 Å². The number of fused-ring (bicyclic) bond motifs is 1. The zero-order valence-electron chi connectivity index (χ0n) is 21.7. The van der Waals surface area contributed by atoms with Gasteiger partial charge in [-0.1, -0.05) is 42.3 Å². The van der Waals surface area contributed by atoms with Gasteiger partial charge >= 0.3 is 11.9 Å². The third-order valence-corrected chi connectivity index (χ3v) is 8.71. The molecule has 0 spiro atoms. The van der Waals surface area contributed by atoms with E-state index in [0.29, 0.717) is 23.6 Å². The fraction of sp³-hybridized carbons (Fsp3) is 0.481. The third kappa shape index (κ3) is 5.74. The maximum absolute atomic E-state index is 13.5. The van der Waals surface area contributed by atoms with Crippen LogP contribution >= 0.6 is 23.4 Å². The van der Waals surface area contributed by atoms with Crippen molar-refractivity contribution in [3.05, 3.63) is 46.7 Å². The number of aromatic nitrogens is 4. The molecule has 0 bridgehead atoms. The number of methoxy groups -OCH3 is 1. The summed E-state index contributed by atoms with van der Waals surface area (Å²) in [6.07, 6.45) is 8.03. The zero-order valence-corrected chi connectivity index (χ0v) is 23.3. The molecule has 2 aromatic heterocycles. The molecule has 1 aromatic carbocycles. The molecule has 0 radical (unpaired) electrons. The van der Waals surface area contributed by atoms with Gasteiger partial charge in [-0.05, 0) is 56.2 Å². The van der Waals surface area contributed by atoms with Crippen molar-refractivity contribution < 1.29 is 28.6 Å². The predicted octanol–water partition coefficient (Wildman–Crippen LogP) is 4.50. The molecule has 5 rings (SSSR count). The van der Waals surface area contributed by atoms with Crippen LogP contribution in [0.5, 0.6) is 5.75 Å². The van der Waals surface area contributed by atoms with Gasteiger partial charge in [0.05, 0.1) is 24.3 Å². The molecular formula is C27H29ClN4O6S. The molecule has 1 aliphatic carbocycles. The number of hydrogen-bond donors (Lipinski definition) is 0. The summed E-state index contributed by atoms with van der Waals surface area (Å²) >= 11 is 7.25. The first-order valence-corrected chi connectivity index (χ1v) is 14.2. The third-order valence-electron chi connectivity index (χ3n) is 7.34.